The van der Waals surface area contributed by atoms with Gasteiger partial charge in [0.05, 0.1) is 6.20 Å². The Balaban J connectivity index is 2.11. The standard InChI is InChI=1S/C12H16N4S/c1-3-4-14-9(2)11-8-16-12(17-11)10-7-13-5-6-15-10/h5-9,14H,3-4H2,1-2H3. The van der Waals surface area contributed by atoms with Gasteiger partial charge in [-0.15, -0.1) is 11.3 Å². The van der Waals surface area contributed by atoms with E-state index in [1.54, 1.807) is 29.9 Å². The summed E-state index contributed by atoms with van der Waals surface area (Å²) in [7, 11) is 0. The van der Waals surface area contributed by atoms with Gasteiger partial charge in [-0.05, 0) is 19.9 Å². The molecule has 5 heteroatoms. The summed E-state index contributed by atoms with van der Waals surface area (Å²) in [5.74, 6) is 0. The average Bonchev–Trinajstić information content (AvgIpc) is 2.86. The van der Waals surface area contributed by atoms with Crippen molar-refractivity contribution < 1.29 is 0 Å². The van der Waals surface area contributed by atoms with E-state index in [-0.39, 0.29) is 0 Å². The quantitative estimate of drug-likeness (QED) is 0.883. The number of hydrogen-bond acceptors (Lipinski definition) is 5. The van der Waals surface area contributed by atoms with Gasteiger partial charge >= 0.3 is 0 Å². The summed E-state index contributed by atoms with van der Waals surface area (Å²) in [4.78, 5) is 13.9. The van der Waals surface area contributed by atoms with Crippen LogP contribution in [-0.4, -0.2) is 21.5 Å². The fourth-order valence-corrected chi connectivity index (χ4v) is 2.38. The van der Waals surface area contributed by atoms with E-state index in [1.165, 1.54) is 4.88 Å². The Morgan fingerprint density at radius 2 is 2.18 bits per heavy atom. The first-order valence-corrected chi connectivity index (χ1v) is 6.58. The Labute approximate surface area is 105 Å². The lowest BCUT2D eigenvalue weighted by Crippen LogP contribution is -2.18. The predicted octanol–water partition coefficient (Wildman–Crippen LogP) is 2.66. The molecule has 90 valence electrons. The third-order valence-electron chi connectivity index (χ3n) is 2.43. The Morgan fingerprint density at radius 3 is 2.88 bits per heavy atom. The Morgan fingerprint density at radius 1 is 1.29 bits per heavy atom. The van der Waals surface area contributed by atoms with Gasteiger partial charge in [-0.3, -0.25) is 9.97 Å². The molecule has 1 N–H and O–H groups in total. The molecule has 0 amide bonds. The maximum atomic E-state index is 4.39. The molecule has 0 radical (unpaired) electrons. The fourth-order valence-electron chi connectivity index (χ4n) is 1.48. The predicted molar refractivity (Wildman–Crippen MR) is 69.8 cm³/mol. The van der Waals surface area contributed by atoms with Crippen LogP contribution in [0.5, 0.6) is 0 Å². The second kappa shape index (κ2) is 5.84. The molecule has 2 rings (SSSR count). The lowest BCUT2D eigenvalue weighted by Gasteiger charge is -2.09. The van der Waals surface area contributed by atoms with Crippen molar-refractivity contribution in [2.75, 3.05) is 6.54 Å². The van der Waals surface area contributed by atoms with Gasteiger partial charge in [-0.25, -0.2) is 4.98 Å². The molecule has 0 aromatic carbocycles. The van der Waals surface area contributed by atoms with Gasteiger partial charge in [0.15, 0.2) is 0 Å². The molecular weight excluding hydrogens is 232 g/mol. The molecule has 2 aromatic heterocycles. The zero-order valence-corrected chi connectivity index (χ0v) is 10.9. The monoisotopic (exact) mass is 248 g/mol. The minimum absolute atomic E-state index is 0.345. The molecular formula is C12H16N4S. The van der Waals surface area contributed by atoms with Gasteiger partial charge in [0.1, 0.15) is 10.7 Å². The maximum Gasteiger partial charge on any atom is 0.143 e. The summed E-state index contributed by atoms with van der Waals surface area (Å²) >= 11 is 1.67. The summed E-state index contributed by atoms with van der Waals surface area (Å²) in [5, 5.41) is 4.38. The van der Waals surface area contributed by atoms with Crippen molar-refractivity contribution in [1.29, 1.82) is 0 Å². The average molecular weight is 248 g/mol. The van der Waals surface area contributed by atoms with Crippen LogP contribution in [0, 0.1) is 0 Å². The maximum absolute atomic E-state index is 4.39. The second-order valence-electron chi connectivity index (χ2n) is 3.83. The highest BCUT2D eigenvalue weighted by Gasteiger charge is 2.10. The lowest BCUT2D eigenvalue weighted by atomic mass is 10.3. The molecule has 0 aliphatic carbocycles. The van der Waals surface area contributed by atoms with Crippen molar-refractivity contribution in [2.45, 2.75) is 26.3 Å². The molecule has 17 heavy (non-hydrogen) atoms. The molecule has 2 heterocycles. The first-order chi connectivity index (χ1) is 8.31. The van der Waals surface area contributed by atoms with Crippen LogP contribution in [0.2, 0.25) is 0 Å². The lowest BCUT2D eigenvalue weighted by molar-refractivity contribution is 0.577. The summed E-state index contributed by atoms with van der Waals surface area (Å²) in [6.45, 7) is 5.35. The molecule has 0 aliphatic heterocycles. The molecule has 1 atom stereocenters. The van der Waals surface area contributed by atoms with E-state index in [0.29, 0.717) is 6.04 Å². The number of nitrogens with one attached hydrogen (secondary N) is 1. The van der Waals surface area contributed by atoms with E-state index in [0.717, 1.165) is 23.7 Å². The number of hydrogen-bond donors (Lipinski definition) is 1. The summed E-state index contributed by atoms with van der Waals surface area (Å²) in [6.07, 6.45) is 8.16. The second-order valence-corrected chi connectivity index (χ2v) is 4.90. The first-order valence-electron chi connectivity index (χ1n) is 5.76. The topological polar surface area (TPSA) is 50.7 Å². The first kappa shape index (κ1) is 12.1. The van der Waals surface area contributed by atoms with Crippen LogP contribution in [-0.2, 0) is 0 Å². The molecule has 0 aliphatic rings. The zero-order chi connectivity index (χ0) is 12.1. The minimum atomic E-state index is 0.345. The summed E-state index contributed by atoms with van der Waals surface area (Å²) in [6, 6.07) is 0.345. The molecule has 0 fully saturated rings. The van der Waals surface area contributed by atoms with Gasteiger partial charge in [0.25, 0.3) is 0 Å². The number of rotatable bonds is 5. The minimum Gasteiger partial charge on any atom is -0.309 e. The number of aromatic nitrogens is 3. The molecule has 4 nitrogen and oxygen atoms in total. The van der Waals surface area contributed by atoms with Crippen LogP contribution in [0.25, 0.3) is 10.7 Å². The number of nitrogens with zero attached hydrogens (tertiary/aromatic N) is 3. The van der Waals surface area contributed by atoms with Gasteiger partial charge in [-0.1, -0.05) is 6.92 Å². The summed E-state index contributed by atoms with van der Waals surface area (Å²) in [5.41, 5.74) is 0.839. The fraction of sp³-hybridized carbons (Fsp3) is 0.417. The molecule has 0 bridgehead atoms. The summed E-state index contributed by atoms with van der Waals surface area (Å²) < 4.78 is 0. The number of thiazole rings is 1. The van der Waals surface area contributed by atoms with Crippen molar-refractivity contribution in [1.82, 2.24) is 20.3 Å². The van der Waals surface area contributed by atoms with Gasteiger partial charge in [0.2, 0.25) is 0 Å². The van der Waals surface area contributed by atoms with Crippen LogP contribution in [0.15, 0.2) is 24.8 Å². The zero-order valence-electron chi connectivity index (χ0n) is 10.1. The molecule has 0 saturated carbocycles. The van der Waals surface area contributed by atoms with Gasteiger partial charge in [-0.2, -0.15) is 0 Å². The van der Waals surface area contributed by atoms with Gasteiger partial charge in [0, 0.05) is 29.5 Å². The third-order valence-corrected chi connectivity index (χ3v) is 3.64. The highest BCUT2D eigenvalue weighted by atomic mass is 32.1. The van der Waals surface area contributed by atoms with E-state index in [9.17, 15) is 0 Å². The molecule has 0 saturated heterocycles. The highest BCUT2D eigenvalue weighted by molar-refractivity contribution is 7.15. The Kier molecular flexibility index (Phi) is 4.17. The molecule has 2 aromatic rings. The smallest absolute Gasteiger partial charge is 0.143 e. The van der Waals surface area contributed by atoms with Gasteiger partial charge < -0.3 is 5.32 Å². The van der Waals surface area contributed by atoms with E-state index < -0.39 is 0 Å². The third kappa shape index (κ3) is 3.08. The van der Waals surface area contributed by atoms with Crippen LogP contribution >= 0.6 is 11.3 Å². The van der Waals surface area contributed by atoms with Crippen molar-refractivity contribution in [3.05, 3.63) is 29.7 Å². The molecule has 1 unspecified atom stereocenters. The Bertz CT molecular complexity index is 455. The van der Waals surface area contributed by atoms with E-state index in [1.807, 2.05) is 6.20 Å². The largest absolute Gasteiger partial charge is 0.309 e. The van der Waals surface area contributed by atoms with Crippen molar-refractivity contribution in [3.8, 4) is 10.7 Å². The van der Waals surface area contributed by atoms with Crippen LogP contribution < -0.4 is 5.32 Å². The highest BCUT2D eigenvalue weighted by Crippen LogP contribution is 2.26. The Hall–Kier alpha value is -1.33. The molecule has 0 spiro atoms. The van der Waals surface area contributed by atoms with E-state index in [4.69, 9.17) is 0 Å². The van der Waals surface area contributed by atoms with Crippen molar-refractivity contribution in [2.24, 2.45) is 0 Å². The van der Waals surface area contributed by atoms with Crippen molar-refractivity contribution >= 4 is 11.3 Å². The van der Waals surface area contributed by atoms with E-state index in [2.05, 4.69) is 34.1 Å². The van der Waals surface area contributed by atoms with Crippen LogP contribution in [0.3, 0.4) is 0 Å². The van der Waals surface area contributed by atoms with Crippen molar-refractivity contribution in [3.63, 3.8) is 0 Å². The van der Waals surface area contributed by atoms with E-state index >= 15 is 0 Å². The van der Waals surface area contributed by atoms with Crippen LogP contribution in [0.1, 0.15) is 31.2 Å². The normalized spacial score (nSPS) is 12.6. The SMILES string of the molecule is CCCNC(C)c1cnc(-c2cnccn2)s1. The van der Waals surface area contributed by atoms with Crippen LogP contribution in [0.4, 0.5) is 0 Å².